The number of rotatable bonds is 5. The van der Waals surface area contributed by atoms with Crippen LogP contribution in [0.15, 0.2) is 17.5 Å². The molecule has 2 heterocycles. The van der Waals surface area contributed by atoms with Gasteiger partial charge in [0.1, 0.15) is 5.69 Å². The van der Waals surface area contributed by atoms with Gasteiger partial charge in [-0.3, -0.25) is 9.89 Å². The molecule has 0 atom stereocenters. The molecule has 2 N–H and O–H groups in total. The molecule has 0 saturated carbocycles. The molecule has 0 fully saturated rings. The van der Waals surface area contributed by atoms with E-state index in [1.54, 1.807) is 11.3 Å². The molecular formula is C12H14N2O2S. The summed E-state index contributed by atoms with van der Waals surface area (Å²) in [7, 11) is 0. The highest BCUT2D eigenvalue weighted by Crippen LogP contribution is 2.28. The highest BCUT2D eigenvalue weighted by atomic mass is 32.1. The maximum absolute atomic E-state index is 10.7. The van der Waals surface area contributed by atoms with E-state index >= 15 is 0 Å². The summed E-state index contributed by atoms with van der Waals surface area (Å²) in [6, 6.07) is 3.98. The van der Waals surface area contributed by atoms with Crippen molar-refractivity contribution in [2.75, 3.05) is 0 Å². The van der Waals surface area contributed by atoms with Gasteiger partial charge in [-0.25, -0.2) is 0 Å². The molecule has 0 aliphatic heterocycles. The van der Waals surface area contributed by atoms with Gasteiger partial charge >= 0.3 is 5.97 Å². The highest BCUT2D eigenvalue weighted by molar-refractivity contribution is 7.13. The smallest absolute Gasteiger partial charge is 0.303 e. The van der Waals surface area contributed by atoms with Gasteiger partial charge in [-0.1, -0.05) is 13.0 Å². The first-order valence-electron chi connectivity index (χ1n) is 5.54. The van der Waals surface area contributed by atoms with Crippen LogP contribution in [0.5, 0.6) is 0 Å². The number of hydrogen-bond donors (Lipinski definition) is 2. The van der Waals surface area contributed by atoms with Gasteiger partial charge in [0.2, 0.25) is 0 Å². The second-order valence-corrected chi connectivity index (χ2v) is 4.70. The topological polar surface area (TPSA) is 66.0 Å². The summed E-state index contributed by atoms with van der Waals surface area (Å²) >= 11 is 1.62. The van der Waals surface area contributed by atoms with Crippen LogP contribution in [-0.4, -0.2) is 21.3 Å². The minimum absolute atomic E-state index is 0.144. The van der Waals surface area contributed by atoms with Crippen molar-refractivity contribution in [3.8, 4) is 10.6 Å². The molecule has 0 saturated heterocycles. The number of nitrogens with zero attached hydrogens (tertiary/aromatic N) is 1. The van der Waals surface area contributed by atoms with Crippen molar-refractivity contribution in [3.05, 3.63) is 28.8 Å². The Morgan fingerprint density at radius 1 is 1.59 bits per heavy atom. The Balaban J connectivity index is 2.32. The van der Waals surface area contributed by atoms with Crippen LogP contribution in [0, 0.1) is 0 Å². The van der Waals surface area contributed by atoms with Gasteiger partial charge in [0.05, 0.1) is 4.88 Å². The number of aromatic amines is 1. The van der Waals surface area contributed by atoms with E-state index in [2.05, 4.69) is 10.2 Å². The standard InChI is InChI=1S/C12H14N2O2S/c1-2-9-8(5-6-11(15)16)12(14-13-9)10-4-3-7-17-10/h3-4,7H,2,5-6H2,1H3,(H,13,14)(H,15,16). The monoisotopic (exact) mass is 250 g/mol. The SMILES string of the molecule is CCc1[nH]nc(-c2cccs2)c1CCC(=O)O. The van der Waals surface area contributed by atoms with Crippen LogP contribution in [0.3, 0.4) is 0 Å². The van der Waals surface area contributed by atoms with Crippen LogP contribution in [0.2, 0.25) is 0 Å². The number of hydrogen-bond acceptors (Lipinski definition) is 3. The van der Waals surface area contributed by atoms with Crippen molar-refractivity contribution >= 4 is 17.3 Å². The molecule has 0 amide bonds. The third-order valence-electron chi connectivity index (χ3n) is 2.65. The fourth-order valence-electron chi connectivity index (χ4n) is 1.81. The summed E-state index contributed by atoms with van der Waals surface area (Å²) in [5.74, 6) is -0.773. The Labute approximate surface area is 103 Å². The predicted molar refractivity (Wildman–Crippen MR) is 67.2 cm³/mol. The van der Waals surface area contributed by atoms with Gasteiger partial charge in [0.25, 0.3) is 0 Å². The zero-order valence-electron chi connectivity index (χ0n) is 9.56. The number of aryl methyl sites for hydroxylation is 1. The highest BCUT2D eigenvalue weighted by Gasteiger charge is 2.15. The van der Waals surface area contributed by atoms with Crippen molar-refractivity contribution in [3.63, 3.8) is 0 Å². The average molecular weight is 250 g/mol. The fraction of sp³-hybridized carbons (Fsp3) is 0.333. The molecule has 0 radical (unpaired) electrons. The number of nitrogens with one attached hydrogen (secondary N) is 1. The minimum atomic E-state index is -0.773. The van der Waals surface area contributed by atoms with Gasteiger partial charge in [-0.05, 0) is 24.3 Å². The number of carboxylic acid groups (broad SMARTS) is 1. The Bertz CT molecular complexity index is 503. The Hall–Kier alpha value is -1.62. The molecule has 0 aromatic carbocycles. The summed E-state index contributed by atoms with van der Waals surface area (Å²) in [5.41, 5.74) is 2.98. The summed E-state index contributed by atoms with van der Waals surface area (Å²) in [6.07, 6.45) is 1.51. The van der Waals surface area contributed by atoms with Crippen LogP contribution >= 0.6 is 11.3 Å². The van der Waals surface area contributed by atoms with Crippen LogP contribution in [0.1, 0.15) is 24.6 Å². The Kier molecular flexibility index (Phi) is 3.58. The summed E-state index contributed by atoms with van der Waals surface area (Å²) < 4.78 is 0. The molecule has 0 aliphatic rings. The van der Waals surface area contributed by atoms with E-state index in [4.69, 9.17) is 5.11 Å². The number of carbonyl (C=O) groups is 1. The Morgan fingerprint density at radius 3 is 3.00 bits per heavy atom. The third-order valence-corrected chi connectivity index (χ3v) is 3.53. The zero-order chi connectivity index (χ0) is 12.3. The van der Waals surface area contributed by atoms with Crippen LogP contribution in [0.4, 0.5) is 0 Å². The number of aliphatic carboxylic acids is 1. The summed E-state index contributed by atoms with van der Waals surface area (Å²) in [5, 5.41) is 18.1. The quantitative estimate of drug-likeness (QED) is 0.857. The largest absolute Gasteiger partial charge is 0.481 e. The van der Waals surface area contributed by atoms with Gasteiger partial charge < -0.3 is 5.11 Å². The molecule has 2 aromatic rings. The second kappa shape index (κ2) is 5.14. The molecule has 0 unspecified atom stereocenters. The Morgan fingerprint density at radius 2 is 2.41 bits per heavy atom. The van der Waals surface area contributed by atoms with E-state index in [-0.39, 0.29) is 6.42 Å². The van der Waals surface area contributed by atoms with E-state index in [9.17, 15) is 4.79 Å². The van der Waals surface area contributed by atoms with Crippen molar-refractivity contribution in [1.82, 2.24) is 10.2 Å². The predicted octanol–water partition coefficient (Wildman–Crippen LogP) is 2.72. The molecule has 17 heavy (non-hydrogen) atoms. The molecule has 5 heteroatoms. The first-order valence-corrected chi connectivity index (χ1v) is 6.42. The lowest BCUT2D eigenvalue weighted by Gasteiger charge is -2.01. The van der Waals surface area contributed by atoms with Crippen molar-refractivity contribution in [2.24, 2.45) is 0 Å². The maximum Gasteiger partial charge on any atom is 0.303 e. The first-order chi connectivity index (χ1) is 8.22. The van der Waals surface area contributed by atoms with E-state index in [1.165, 1.54) is 0 Å². The zero-order valence-corrected chi connectivity index (χ0v) is 10.4. The molecule has 90 valence electrons. The van der Waals surface area contributed by atoms with E-state index in [0.29, 0.717) is 6.42 Å². The van der Waals surface area contributed by atoms with E-state index < -0.39 is 5.97 Å². The second-order valence-electron chi connectivity index (χ2n) is 3.75. The van der Waals surface area contributed by atoms with Crippen molar-refractivity contribution in [1.29, 1.82) is 0 Å². The van der Waals surface area contributed by atoms with Crippen molar-refractivity contribution < 1.29 is 9.90 Å². The van der Waals surface area contributed by atoms with Gasteiger partial charge in [-0.2, -0.15) is 5.10 Å². The van der Waals surface area contributed by atoms with Crippen LogP contribution in [0.25, 0.3) is 10.6 Å². The lowest BCUT2D eigenvalue weighted by Crippen LogP contribution is -1.99. The molecular weight excluding hydrogens is 236 g/mol. The van der Waals surface area contributed by atoms with Gasteiger partial charge in [0, 0.05) is 17.7 Å². The summed E-state index contributed by atoms with van der Waals surface area (Å²) in [6.45, 7) is 2.04. The normalized spacial score (nSPS) is 10.6. The van der Waals surface area contributed by atoms with Gasteiger partial charge in [0.15, 0.2) is 0 Å². The molecule has 0 aliphatic carbocycles. The van der Waals surface area contributed by atoms with Gasteiger partial charge in [-0.15, -0.1) is 11.3 Å². The fourth-order valence-corrected chi connectivity index (χ4v) is 2.55. The lowest BCUT2D eigenvalue weighted by atomic mass is 10.0. The minimum Gasteiger partial charge on any atom is -0.481 e. The molecule has 0 spiro atoms. The third kappa shape index (κ3) is 2.55. The maximum atomic E-state index is 10.7. The average Bonchev–Trinajstić information content (AvgIpc) is 2.94. The number of H-pyrrole nitrogens is 1. The van der Waals surface area contributed by atoms with E-state index in [0.717, 1.165) is 28.2 Å². The lowest BCUT2D eigenvalue weighted by molar-refractivity contribution is -0.136. The first kappa shape index (κ1) is 11.9. The molecule has 2 aromatic heterocycles. The van der Waals surface area contributed by atoms with Crippen LogP contribution < -0.4 is 0 Å². The van der Waals surface area contributed by atoms with Crippen molar-refractivity contribution in [2.45, 2.75) is 26.2 Å². The number of thiophene rings is 1. The summed E-state index contributed by atoms with van der Waals surface area (Å²) in [4.78, 5) is 11.7. The number of aromatic nitrogens is 2. The molecule has 0 bridgehead atoms. The molecule has 4 nitrogen and oxygen atoms in total. The molecule has 2 rings (SSSR count). The number of carboxylic acids is 1. The van der Waals surface area contributed by atoms with Crippen LogP contribution in [-0.2, 0) is 17.6 Å². The van der Waals surface area contributed by atoms with E-state index in [1.807, 2.05) is 24.4 Å².